The van der Waals surface area contributed by atoms with Crippen molar-refractivity contribution in [1.82, 2.24) is 18.9 Å². The maximum absolute atomic E-state index is 13.2. The van der Waals surface area contributed by atoms with Gasteiger partial charge in [0.05, 0.1) is 29.4 Å². The standard InChI is InChI=1S/C23H17ClN4O3S/c1-14-4-7-20-25-16(10-21(29)27(20)11-14)13-32-23-26-19-9-15(24)5-6-18(19)22(30)28(23)12-17-3-2-8-31-17/h2-11H,12-13H2,1H3. The van der Waals surface area contributed by atoms with Crippen LogP contribution in [0.15, 0.2) is 80.2 Å². The van der Waals surface area contributed by atoms with Gasteiger partial charge in [0, 0.05) is 23.0 Å². The largest absolute Gasteiger partial charge is 0.467 e. The highest BCUT2D eigenvalue weighted by Gasteiger charge is 2.14. The summed E-state index contributed by atoms with van der Waals surface area (Å²) in [5.74, 6) is 1.01. The Bertz CT molecular complexity index is 1570. The molecule has 0 saturated carbocycles. The molecule has 0 bridgehead atoms. The summed E-state index contributed by atoms with van der Waals surface area (Å²) in [6.45, 7) is 2.17. The van der Waals surface area contributed by atoms with Crippen LogP contribution in [0.4, 0.5) is 0 Å². The summed E-state index contributed by atoms with van der Waals surface area (Å²) in [5.41, 5.74) is 2.33. The van der Waals surface area contributed by atoms with Gasteiger partial charge in [-0.25, -0.2) is 9.97 Å². The highest BCUT2D eigenvalue weighted by Crippen LogP contribution is 2.24. The van der Waals surface area contributed by atoms with Gasteiger partial charge >= 0.3 is 0 Å². The Morgan fingerprint density at radius 2 is 1.97 bits per heavy atom. The number of pyridine rings is 1. The third-order valence-electron chi connectivity index (χ3n) is 4.99. The van der Waals surface area contributed by atoms with Crippen molar-refractivity contribution < 1.29 is 4.42 Å². The molecule has 5 aromatic rings. The van der Waals surface area contributed by atoms with Gasteiger partial charge in [0.25, 0.3) is 11.1 Å². The van der Waals surface area contributed by atoms with Gasteiger partial charge in [-0.1, -0.05) is 29.4 Å². The number of furan rings is 1. The molecular formula is C23H17ClN4O3S. The first-order valence-electron chi connectivity index (χ1n) is 9.82. The number of hydrogen-bond donors (Lipinski definition) is 0. The molecule has 5 rings (SSSR count). The molecule has 0 atom stereocenters. The minimum Gasteiger partial charge on any atom is -0.467 e. The van der Waals surface area contributed by atoms with Crippen molar-refractivity contribution in [2.75, 3.05) is 0 Å². The van der Waals surface area contributed by atoms with Crippen LogP contribution in [0.1, 0.15) is 17.0 Å². The maximum atomic E-state index is 13.2. The number of fused-ring (bicyclic) bond motifs is 2. The Morgan fingerprint density at radius 1 is 1.09 bits per heavy atom. The predicted octanol–water partition coefficient (Wildman–Crippen LogP) is 4.30. The minimum atomic E-state index is -0.187. The quantitative estimate of drug-likeness (QED) is 0.285. The first-order chi connectivity index (χ1) is 15.5. The van der Waals surface area contributed by atoms with Gasteiger partial charge < -0.3 is 4.42 Å². The van der Waals surface area contributed by atoms with Crippen LogP contribution in [0.3, 0.4) is 0 Å². The first-order valence-corrected chi connectivity index (χ1v) is 11.2. The van der Waals surface area contributed by atoms with Crippen LogP contribution in [-0.4, -0.2) is 18.9 Å². The van der Waals surface area contributed by atoms with E-state index in [-0.39, 0.29) is 17.7 Å². The van der Waals surface area contributed by atoms with Crippen molar-refractivity contribution in [2.24, 2.45) is 0 Å². The number of halogens is 1. The number of nitrogens with zero attached hydrogens (tertiary/aromatic N) is 4. The molecule has 1 aromatic carbocycles. The van der Waals surface area contributed by atoms with Gasteiger partial charge in [-0.3, -0.25) is 18.6 Å². The molecule has 0 aliphatic heterocycles. The van der Waals surface area contributed by atoms with Gasteiger partial charge in [0.2, 0.25) is 0 Å². The molecule has 0 aliphatic carbocycles. The molecule has 0 aliphatic rings. The van der Waals surface area contributed by atoms with Gasteiger partial charge in [-0.15, -0.1) is 0 Å². The average molecular weight is 465 g/mol. The Balaban J connectivity index is 1.55. The highest BCUT2D eigenvalue weighted by atomic mass is 35.5. The lowest BCUT2D eigenvalue weighted by molar-refractivity contribution is 0.476. The molecule has 0 fully saturated rings. The normalized spacial score (nSPS) is 11.4. The molecule has 4 heterocycles. The molecule has 32 heavy (non-hydrogen) atoms. The summed E-state index contributed by atoms with van der Waals surface area (Å²) in [7, 11) is 0. The zero-order valence-corrected chi connectivity index (χ0v) is 18.6. The molecule has 0 N–H and O–H groups in total. The lowest BCUT2D eigenvalue weighted by Crippen LogP contribution is -2.24. The molecule has 0 radical (unpaired) electrons. The van der Waals surface area contributed by atoms with Crippen LogP contribution < -0.4 is 11.1 Å². The zero-order valence-electron chi connectivity index (χ0n) is 17.0. The third kappa shape index (κ3) is 3.94. The summed E-state index contributed by atoms with van der Waals surface area (Å²) in [5, 5.41) is 1.47. The van der Waals surface area contributed by atoms with E-state index in [9.17, 15) is 9.59 Å². The third-order valence-corrected chi connectivity index (χ3v) is 6.23. The monoisotopic (exact) mass is 464 g/mol. The van der Waals surface area contributed by atoms with Gasteiger partial charge in [-0.2, -0.15) is 0 Å². The summed E-state index contributed by atoms with van der Waals surface area (Å²) in [6.07, 6.45) is 3.33. The number of aryl methyl sites for hydroxylation is 1. The van der Waals surface area contributed by atoms with Crippen molar-refractivity contribution in [1.29, 1.82) is 0 Å². The fraction of sp³-hybridized carbons (Fsp3) is 0.130. The minimum absolute atomic E-state index is 0.152. The van der Waals surface area contributed by atoms with Gasteiger partial charge in [0.1, 0.15) is 11.4 Å². The van der Waals surface area contributed by atoms with Crippen LogP contribution in [0.2, 0.25) is 5.02 Å². The van der Waals surface area contributed by atoms with E-state index in [0.717, 1.165) is 5.56 Å². The molecule has 7 nitrogen and oxygen atoms in total. The summed E-state index contributed by atoms with van der Waals surface area (Å²) in [6, 6.07) is 13.8. The predicted molar refractivity (Wildman–Crippen MR) is 125 cm³/mol. The second kappa shape index (κ2) is 8.29. The highest BCUT2D eigenvalue weighted by molar-refractivity contribution is 7.98. The number of hydrogen-bond acceptors (Lipinski definition) is 6. The fourth-order valence-electron chi connectivity index (χ4n) is 3.45. The number of aromatic nitrogens is 4. The number of rotatable bonds is 5. The Labute approximate surface area is 191 Å². The van der Waals surface area contributed by atoms with E-state index in [0.29, 0.717) is 43.9 Å². The molecule has 0 unspecified atom stereocenters. The zero-order chi connectivity index (χ0) is 22.2. The van der Waals surface area contributed by atoms with Crippen LogP contribution in [0.5, 0.6) is 0 Å². The van der Waals surface area contributed by atoms with Gasteiger partial charge in [0.15, 0.2) is 5.16 Å². The van der Waals surface area contributed by atoms with Crippen molar-refractivity contribution in [2.45, 2.75) is 24.4 Å². The molecular weight excluding hydrogens is 448 g/mol. The maximum Gasteiger partial charge on any atom is 0.262 e. The lowest BCUT2D eigenvalue weighted by Gasteiger charge is -2.12. The summed E-state index contributed by atoms with van der Waals surface area (Å²) >= 11 is 7.45. The molecule has 160 valence electrons. The lowest BCUT2D eigenvalue weighted by atomic mass is 10.2. The van der Waals surface area contributed by atoms with E-state index in [1.165, 1.54) is 22.2 Å². The van der Waals surface area contributed by atoms with E-state index >= 15 is 0 Å². The second-order valence-corrected chi connectivity index (χ2v) is 8.71. The van der Waals surface area contributed by atoms with Crippen LogP contribution in [-0.2, 0) is 12.3 Å². The van der Waals surface area contributed by atoms with E-state index in [1.54, 1.807) is 47.4 Å². The first kappa shape index (κ1) is 20.5. The molecule has 9 heteroatoms. The number of benzene rings is 1. The van der Waals surface area contributed by atoms with Crippen molar-refractivity contribution >= 4 is 39.9 Å². The van der Waals surface area contributed by atoms with Crippen LogP contribution >= 0.6 is 23.4 Å². The number of thioether (sulfide) groups is 1. The topological polar surface area (TPSA) is 82.4 Å². The van der Waals surface area contributed by atoms with E-state index in [2.05, 4.69) is 9.97 Å². The molecule has 0 saturated heterocycles. The Morgan fingerprint density at radius 3 is 2.78 bits per heavy atom. The van der Waals surface area contributed by atoms with Crippen molar-refractivity contribution in [3.63, 3.8) is 0 Å². The van der Waals surface area contributed by atoms with E-state index in [4.69, 9.17) is 16.0 Å². The van der Waals surface area contributed by atoms with E-state index < -0.39 is 0 Å². The Hall–Kier alpha value is -3.36. The van der Waals surface area contributed by atoms with E-state index in [1.807, 2.05) is 19.1 Å². The molecule has 0 amide bonds. The molecule has 4 aromatic heterocycles. The Kier molecular flexibility index (Phi) is 5.32. The second-order valence-electron chi connectivity index (χ2n) is 7.34. The van der Waals surface area contributed by atoms with Crippen molar-refractivity contribution in [3.8, 4) is 0 Å². The fourth-order valence-corrected chi connectivity index (χ4v) is 4.51. The van der Waals surface area contributed by atoms with Crippen LogP contribution in [0.25, 0.3) is 16.6 Å². The van der Waals surface area contributed by atoms with Gasteiger partial charge in [-0.05, 0) is 48.9 Å². The van der Waals surface area contributed by atoms with Crippen molar-refractivity contribution in [3.05, 3.63) is 104 Å². The molecule has 0 spiro atoms. The summed E-state index contributed by atoms with van der Waals surface area (Å²) in [4.78, 5) is 35.0. The SMILES string of the molecule is Cc1ccc2nc(CSc3nc4cc(Cl)ccc4c(=O)n3Cc3ccco3)cc(=O)n2c1. The smallest absolute Gasteiger partial charge is 0.262 e. The average Bonchev–Trinajstić information content (AvgIpc) is 3.28. The van der Waals surface area contributed by atoms with Crippen LogP contribution in [0, 0.1) is 6.92 Å². The summed E-state index contributed by atoms with van der Waals surface area (Å²) < 4.78 is 8.53.